The zero-order valence-corrected chi connectivity index (χ0v) is 8.92. The van der Waals surface area contributed by atoms with Crippen LogP contribution in [0.4, 0.5) is 0 Å². The van der Waals surface area contributed by atoms with Gasteiger partial charge < -0.3 is 9.47 Å². The molecule has 3 nitrogen and oxygen atoms in total. The Kier molecular flexibility index (Phi) is 2.99. The fourth-order valence-electron chi connectivity index (χ4n) is 1.40. The monoisotopic (exact) mass is 196 g/mol. The molecule has 0 aromatic heterocycles. The van der Waals surface area contributed by atoms with Crippen molar-refractivity contribution in [1.29, 1.82) is 0 Å². The summed E-state index contributed by atoms with van der Waals surface area (Å²) in [6.45, 7) is 8.84. The normalized spacial score (nSPS) is 20.1. The molecule has 1 aliphatic heterocycles. The molecule has 0 aliphatic carbocycles. The first-order valence-corrected chi connectivity index (χ1v) is 4.69. The Morgan fingerprint density at radius 3 is 2.57 bits per heavy atom. The van der Waals surface area contributed by atoms with Gasteiger partial charge in [0.05, 0.1) is 5.57 Å². The number of allylic oxidation sites excluding steroid dienone is 2. The van der Waals surface area contributed by atoms with E-state index in [1.54, 1.807) is 26.8 Å². The van der Waals surface area contributed by atoms with Crippen molar-refractivity contribution in [3.8, 4) is 0 Å². The van der Waals surface area contributed by atoms with Gasteiger partial charge in [-0.3, -0.25) is 0 Å². The van der Waals surface area contributed by atoms with Crippen molar-refractivity contribution >= 4 is 5.97 Å². The van der Waals surface area contributed by atoms with E-state index in [0.29, 0.717) is 17.8 Å². The van der Waals surface area contributed by atoms with E-state index >= 15 is 0 Å². The molecule has 0 radical (unpaired) electrons. The first-order valence-electron chi connectivity index (χ1n) is 4.69. The van der Waals surface area contributed by atoms with Gasteiger partial charge in [0, 0.05) is 13.8 Å². The molecule has 0 fully saturated rings. The summed E-state index contributed by atoms with van der Waals surface area (Å²) < 4.78 is 10.6. The molecule has 0 atom stereocenters. The highest BCUT2D eigenvalue weighted by Gasteiger charge is 2.33. The maximum absolute atomic E-state index is 11.5. The van der Waals surface area contributed by atoms with E-state index in [-0.39, 0.29) is 5.97 Å². The Morgan fingerprint density at radius 2 is 2.07 bits per heavy atom. The largest absolute Gasteiger partial charge is 0.457 e. The van der Waals surface area contributed by atoms with Gasteiger partial charge in [-0.1, -0.05) is 6.08 Å². The molecule has 0 aromatic rings. The van der Waals surface area contributed by atoms with Crippen LogP contribution in [0.5, 0.6) is 0 Å². The van der Waals surface area contributed by atoms with Crippen LogP contribution in [0.1, 0.15) is 33.6 Å². The molecule has 3 heteroatoms. The molecule has 0 N–H and O–H groups in total. The summed E-state index contributed by atoms with van der Waals surface area (Å²) >= 11 is 0. The molecule has 1 heterocycles. The molecule has 0 unspecified atom stereocenters. The topological polar surface area (TPSA) is 35.5 Å². The van der Waals surface area contributed by atoms with Crippen molar-refractivity contribution in [2.45, 2.75) is 39.4 Å². The Labute approximate surface area is 84.4 Å². The third kappa shape index (κ3) is 2.37. The van der Waals surface area contributed by atoms with E-state index in [1.807, 2.05) is 0 Å². The van der Waals surface area contributed by atoms with Crippen molar-refractivity contribution in [2.75, 3.05) is 0 Å². The van der Waals surface area contributed by atoms with Gasteiger partial charge in [0.2, 0.25) is 5.79 Å². The first-order chi connectivity index (χ1) is 6.46. The second-order valence-electron chi connectivity index (χ2n) is 3.75. The average molecular weight is 196 g/mol. The summed E-state index contributed by atoms with van der Waals surface area (Å²) in [4.78, 5) is 11.5. The lowest BCUT2D eigenvalue weighted by atomic mass is 10.1. The first kappa shape index (κ1) is 10.8. The minimum Gasteiger partial charge on any atom is -0.457 e. The van der Waals surface area contributed by atoms with Crippen LogP contribution in [0.15, 0.2) is 24.0 Å². The zero-order valence-electron chi connectivity index (χ0n) is 8.92. The fourth-order valence-corrected chi connectivity index (χ4v) is 1.40. The lowest BCUT2D eigenvalue weighted by Gasteiger charge is -2.32. The van der Waals surface area contributed by atoms with E-state index in [2.05, 4.69) is 6.58 Å². The molecule has 14 heavy (non-hydrogen) atoms. The van der Waals surface area contributed by atoms with Gasteiger partial charge in [-0.2, -0.15) is 0 Å². The standard InChI is InChI=1S/C11H16O3/c1-5-6-7-9-8(2)13-11(3,4)14-10(9)12/h5H,1,6-7H2,2-4H3. The summed E-state index contributed by atoms with van der Waals surface area (Å²) in [5.74, 6) is -0.451. The molecular weight excluding hydrogens is 180 g/mol. The highest BCUT2D eigenvalue weighted by molar-refractivity contribution is 5.89. The van der Waals surface area contributed by atoms with Gasteiger partial charge in [-0.25, -0.2) is 4.79 Å². The van der Waals surface area contributed by atoms with Crippen molar-refractivity contribution in [3.63, 3.8) is 0 Å². The molecule has 0 spiro atoms. The maximum Gasteiger partial charge on any atom is 0.340 e. The minimum atomic E-state index is -0.834. The molecule has 1 rings (SSSR count). The average Bonchev–Trinajstić information content (AvgIpc) is 2.00. The molecule has 0 bridgehead atoms. The van der Waals surface area contributed by atoms with Crippen LogP contribution < -0.4 is 0 Å². The quantitative estimate of drug-likeness (QED) is 0.514. The van der Waals surface area contributed by atoms with Crippen LogP contribution in [0.2, 0.25) is 0 Å². The van der Waals surface area contributed by atoms with Crippen LogP contribution in [-0.4, -0.2) is 11.8 Å². The van der Waals surface area contributed by atoms with Crippen LogP contribution >= 0.6 is 0 Å². The molecule has 0 aromatic carbocycles. The van der Waals surface area contributed by atoms with E-state index in [4.69, 9.17) is 9.47 Å². The van der Waals surface area contributed by atoms with Gasteiger partial charge in [-0.15, -0.1) is 6.58 Å². The summed E-state index contributed by atoms with van der Waals surface area (Å²) in [7, 11) is 0. The highest BCUT2D eigenvalue weighted by Crippen LogP contribution is 2.28. The molecular formula is C11H16O3. The second kappa shape index (κ2) is 3.86. The summed E-state index contributed by atoms with van der Waals surface area (Å²) in [5.41, 5.74) is 0.615. The number of hydrogen-bond acceptors (Lipinski definition) is 3. The van der Waals surface area contributed by atoms with Gasteiger partial charge in [-0.05, 0) is 19.8 Å². The zero-order chi connectivity index (χ0) is 10.8. The van der Waals surface area contributed by atoms with Crippen molar-refractivity contribution < 1.29 is 14.3 Å². The predicted octanol–water partition coefficient (Wildman–Crippen LogP) is 2.54. The summed E-state index contributed by atoms with van der Waals surface area (Å²) in [6.07, 6.45) is 3.16. The van der Waals surface area contributed by atoms with E-state index in [9.17, 15) is 4.79 Å². The molecule has 0 saturated carbocycles. The van der Waals surface area contributed by atoms with Gasteiger partial charge in [0.1, 0.15) is 5.76 Å². The van der Waals surface area contributed by atoms with Gasteiger partial charge in [0.25, 0.3) is 0 Å². The van der Waals surface area contributed by atoms with Crippen LogP contribution in [0, 0.1) is 0 Å². The third-order valence-electron chi connectivity index (χ3n) is 2.01. The van der Waals surface area contributed by atoms with Crippen LogP contribution in [0.25, 0.3) is 0 Å². The highest BCUT2D eigenvalue weighted by atomic mass is 16.7. The van der Waals surface area contributed by atoms with Gasteiger partial charge in [0.15, 0.2) is 0 Å². The lowest BCUT2D eigenvalue weighted by Crippen LogP contribution is -2.36. The molecule has 78 valence electrons. The van der Waals surface area contributed by atoms with E-state index in [0.717, 1.165) is 6.42 Å². The number of ether oxygens (including phenoxy) is 2. The number of esters is 1. The Hall–Kier alpha value is -1.25. The summed E-state index contributed by atoms with van der Waals surface area (Å²) in [6, 6.07) is 0. The van der Waals surface area contributed by atoms with Crippen LogP contribution in [0.3, 0.4) is 0 Å². The number of cyclic esters (lactones) is 1. The SMILES string of the molecule is C=CCCC1=C(C)OC(C)(C)OC1=O. The number of hydrogen-bond donors (Lipinski definition) is 0. The Bertz CT molecular complexity index is 287. The minimum absolute atomic E-state index is 0.277. The maximum atomic E-state index is 11.5. The smallest absolute Gasteiger partial charge is 0.340 e. The number of carbonyl (C=O) groups excluding carboxylic acids is 1. The Morgan fingerprint density at radius 1 is 1.43 bits per heavy atom. The lowest BCUT2D eigenvalue weighted by molar-refractivity contribution is -0.207. The molecule has 0 amide bonds. The predicted molar refractivity (Wildman–Crippen MR) is 53.4 cm³/mol. The van der Waals surface area contributed by atoms with Crippen molar-refractivity contribution in [3.05, 3.63) is 24.0 Å². The van der Waals surface area contributed by atoms with Crippen molar-refractivity contribution in [2.24, 2.45) is 0 Å². The molecule has 1 aliphatic rings. The summed E-state index contributed by atoms with van der Waals surface area (Å²) in [5, 5.41) is 0. The van der Waals surface area contributed by atoms with E-state index < -0.39 is 5.79 Å². The fraction of sp³-hybridized carbons (Fsp3) is 0.545. The second-order valence-corrected chi connectivity index (χ2v) is 3.75. The van der Waals surface area contributed by atoms with Crippen LogP contribution in [-0.2, 0) is 14.3 Å². The van der Waals surface area contributed by atoms with Crippen molar-refractivity contribution in [1.82, 2.24) is 0 Å². The Balaban J connectivity index is 2.82. The third-order valence-corrected chi connectivity index (χ3v) is 2.01. The number of carbonyl (C=O) groups is 1. The molecule has 0 saturated heterocycles. The van der Waals surface area contributed by atoms with Gasteiger partial charge >= 0.3 is 5.97 Å². The van der Waals surface area contributed by atoms with E-state index in [1.165, 1.54) is 0 Å². The number of rotatable bonds is 3.